The van der Waals surface area contributed by atoms with Crippen molar-refractivity contribution in [3.8, 4) is 0 Å². The van der Waals surface area contributed by atoms with E-state index in [9.17, 15) is 5.11 Å². The highest BCUT2D eigenvalue weighted by molar-refractivity contribution is 14.0. The van der Waals surface area contributed by atoms with Gasteiger partial charge in [-0.1, -0.05) is 18.5 Å². The van der Waals surface area contributed by atoms with Gasteiger partial charge in [0.05, 0.1) is 24.1 Å². The van der Waals surface area contributed by atoms with Crippen molar-refractivity contribution in [2.75, 3.05) is 32.8 Å². The van der Waals surface area contributed by atoms with Gasteiger partial charge in [-0.15, -0.1) is 35.3 Å². The lowest BCUT2D eigenvalue weighted by Crippen LogP contribution is -2.45. The van der Waals surface area contributed by atoms with Crippen molar-refractivity contribution in [3.05, 3.63) is 21.3 Å². The van der Waals surface area contributed by atoms with Crippen LogP contribution < -0.4 is 10.6 Å². The standard InChI is InChI=1S/C14H22ClN3O2S.HI/c1-3-16-13(18-7-14(2)8-20-9-14)17-6-10(19)11-4-5-12(15)21-11;/h4-5,10,19H,3,6-9H2,1-2H3,(H2,16,17,18);1H. The number of thiophene rings is 1. The Bertz CT molecular complexity index is 494. The van der Waals surface area contributed by atoms with E-state index in [1.54, 1.807) is 6.07 Å². The van der Waals surface area contributed by atoms with Crippen LogP contribution in [0.25, 0.3) is 0 Å². The molecule has 1 aliphatic rings. The van der Waals surface area contributed by atoms with Gasteiger partial charge in [-0.3, -0.25) is 4.99 Å². The number of hydrogen-bond donors (Lipinski definition) is 3. The molecule has 0 amide bonds. The number of nitrogens with one attached hydrogen (secondary N) is 2. The molecule has 8 heteroatoms. The Kier molecular flexibility index (Phi) is 8.40. The number of nitrogens with zero attached hydrogens (tertiary/aromatic N) is 1. The maximum absolute atomic E-state index is 10.1. The number of ether oxygens (including phenoxy) is 1. The second-order valence-electron chi connectivity index (χ2n) is 5.54. The van der Waals surface area contributed by atoms with Crippen molar-refractivity contribution in [3.63, 3.8) is 0 Å². The first-order valence-electron chi connectivity index (χ1n) is 7.06. The smallest absolute Gasteiger partial charge is 0.191 e. The third kappa shape index (κ3) is 5.84. The average Bonchev–Trinajstić information content (AvgIpc) is 2.86. The molecule has 1 aromatic rings. The van der Waals surface area contributed by atoms with Crippen LogP contribution in [0.1, 0.15) is 24.8 Å². The Morgan fingerprint density at radius 1 is 1.50 bits per heavy atom. The normalized spacial score (nSPS) is 18.1. The first-order valence-corrected chi connectivity index (χ1v) is 8.25. The number of aliphatic hydroxyl groups excluding tert-OH is 1. The van der Waals surface area contributed by atoms with Gasteiger partial charge in [0.1, 0.15) is 6.10 Å². The summed E-state index contributed by atoms with van der Waals surface area (Å²) in [6.07, 6.45) is -0.589. The van der Waals surface area contributed by atoms with Gasteiger partial charge in [-0.25, -0.2) is 0 Å². The van der Waals surface area contributed by atoms with Gasteiger partial charge in [-0.2, -0.15) is 0 Å². The van der Waals surface area contributed by atoms with E-state index in [1.807, 2.05) is 13.0 Å². The van der Waals surface area contributed by atoms with Gasteiger partial charge in [0.15, 0.2) is 5.96 Å². The summed E-state index contributed by atoms with van der Waals surface area (Å²) >= 11 is 7.27. The molecule has 1 atom stereocenters. The van der Waals surface area contributed by atoms with Crippen molar-refractivity contribution < 1.29 is 9.84 Å². The molecule has 2 heterocycles. The zero-order valence-electron chi connectivity index (χ0n) is 12.8. The summed E-state index contributed by atoms with van der Waals surface area (Å²) in [6.45, 7) is 7.57. The third-order valence-corrected chi connectivity index (χ3v) is 4.58. The van der Waals surface area contributed by atoms with Gasteiger partial charge in [0, 0.05) is 23.4 Å². The minimum Gasteiger partial charge on any atom is -0.386 e. The topological polar surface area (TPSA) is 65.9 Å². The highest BCUT2D eigenvalue weighted by Gasteiger charge is 2.33. The number of rotatable bonds is 6. The monoisotopic (exact) mass is 459 g/mol. The van der Waals surface area contributed by atoms with E-state index in [-0.39, 0.29) is 29.4 Å². The Balaban J connectivity index is 0.00000242. The van der Waals surface area contributed by atoms with E-state index < -0.39 is 6.10 Å². The van der Waals surface area contributed by atoms with Gasteiger partial charge < -0.3 is 20.5 Å². The fraction of sp³-hybridized carbons (Fsp3) is 0.643. The van der Waals surface area contributed by atoms with Crippen molar-refractivity contribution >= 4 is 52.9 Å². The van der Waals surface area contributed by atoms with Crippen LogP contribution in [0.15, 0.2) is 17.1 Å². The van der Waals surface area contributed by atoms with Crippen LogP contribution >= 0.6 is 46.9 Å². The molecule has 0 radical (unpaired) electrons. The highest BCUT2D eigenvalue weighted by Crippen LogP contribution is 2.27. The van der Waals surface area contributed by atoms with E-state index in [0.717, 1.165) is 24.6 Å². The maximum Gasteiger partial charge on any atom is 0.191 e. The Labute approximate surface area is 157 Å². The molecule has 0 aliphatic carbocycles. The molecule has 0 spiro atoms. The van der Waals surface area contributed by atoms with Crippen molar-refractivity contribution in [2.45, 2.75) is 20.0 Å². The summed E-state index contributed by atoms with van der Waals surface area (Å²) in [5.74, 6) is 0.715. The predicted molar refractivity (Wildman–Crippen MR) is 103 cm³/mol. The lowest BCUT2D eigenvalue weighted by Gasteiger charge is -2.36. The highest BCUT2D eigenvalue weighted by atomic mass is 127. The van der Waals surface area contributed by atoms with Crippen LogP contribution in [0.3, 0.4) is 0 Å². The Hall–Kier alpha value is -0.0900. The molecule has 2 rings (SSSR count). The van der Waals surface area contributed by atoms with Crippen LogP contribution in [0.4, 0.5) is 0 Å². The Morgan fingerprint density at radius 3 is 2.73 bits per heavy atom. The molecule has 5 nitrogen and oxygen atoms in total. The fourth-order valence-electron chi connectivity index (χ4n) is 1.95. The predicted octanol–water partition coefficient (Wildman–Crippen LogP) is 2.64. The summed E-state index contributed by atoms with van der Waals surface area (Å²) in [7, 11) is 0. The quantitative estimate of drug-likeness (QED) is 0.348. The number of halogens is 2. The maximum atomic E-state index is 10.1. The van der Waals surface area contributed by atoms with Gasteiger partial charge in [0.2, 0.25) is 0 Å². The molecule has 0 aromatic carbocycles. The summed E-state index contributed by atoms with van der Waals surface area (Å²) in [6, 6.07) is 3.64. The molecule has 1 unspecified atom stereocenters. The number of aliphatic hydroxyl groups is 1. The molecule has 3 N–H and O–H groups in total. The molecule has 0 saturated carbocycles. The minimum atomic E-state index is -0.589. The van der Waals surface area contributed by atoms with Gasteiger partial charge >= 0.3 is 0 Å². The lowest BCUT2D eigenvalue weighted by molar-refractivity contribution is -0.0945. The molecule has 1 aliphatic heterocycles. The number of hydrogen-bond acceptors (Lipinski definition) is 4. The largest absolute Gasteiger partial charge is 0.386 e. The van der Waals surface area contributed by atoms with E-state index in [1.165, 1.54) is 11.3 Å². The average molecular weight is 460 g/mol. The van der Waals surface area contributed by atoms with E-state index >= 15 is 0 Å². The van der Waals surface area contributed by atoms with Crippen LogP contribution in [0.2, 0.25) is 4.34 Å². The molecule has 22 heavy (non-hydrogen) atoms. The fourth-order valence-corrected chi connectivity index (χ4v) is 3.00. The zero-order chi connectivity index (χ0) is 15.3. The molecule has 1 fully saturated rings. The summed E-state index contributed by atoms with van der Waals surface area (Å²) < 4.78 is 5.91. The number of guanidine groups is 1. The molecule has 0 bridgehead atoms. The zero-order valence-corrected chi connectivity index (χ0v) is 16.7. The second-order valence-corrected chi connectivity index (χ2v) is 7.28. The molecule has 1 saturated heterocycles. The first kappa shape index (κ1) is 20.0. The van der Waals surface area contributed by atoms with E-state index in [4.69, 9.17) is 16.3 Å². The number of aliphatic imine (C=N–C) groups is 1. The molecular weight excluding hydrogens is 437 g/mol. The molecule has 126 valence electrons. The minimum absolute atomic E-state index is 0. The van der Waals surface area contributed by atoms with Crippen molar-refractivity contribution in [1.82, 2.24) is 10.6 Å². The first-order chi connectivity index (χ1) is 10.0. The lowest BCUT2D eigenvalue weighted by atomic mass is 9.89. The van der Waals surface area contributed by atoms with Gasteiger partial charge in [0.25, 0.3) is 0 Å². The van der Waals surface area contributed by atoms with E-state index in [0.29, 0.717) is 23.4 Å². The summed E-state index contributed by atoms with van der Waals surface area (Å²) in [5, 5.41) is 16.5. The second kappa shape index (κ2) is 9.27. The molecule has 1 aromatic heterocycles. The van der Waals surface area contributed by atoms with Crippen LogP contribution in [0.5, 0.6) is 0 Å². The van der Waals surface area contributed by atoms with E-state index in [2.05, 4.69) is 22.5 Å². The van der Waals surface area contributed by atoms with Crippen LogP contribution in [0, 0.1) is 5.41 Å². The van der Waals surface area contributed by atoms with Crippen LogP contribution in [-0.4, -0.2) is 43.9 Å². The van der Waals surface area contributed by atoms with Gasteiger partial charge in [-0.05, 0) is 19.1 Å². The SMILES string of the molecule is CCNC(=NCC1(C)COC1)NCC(O)c1ccc(Cl)s1.I. The summed E-state index contributed by atoms with van der Waals surface area (Å²) in [5.41, 5.74) is 0.141. The summed E-state index contributed by atoms with van der Waals surface area (Å²) in [4.78, 5) is 5.41. The van der Waals surface area contributed by atoms with Crippen LogP contribution in [-0.2, 0) is 4.74 Å². The molecular formula is C14H23ClIN3O2S. The Morgan fingerprint density at radius 2 is 2.23 bits per heavy atom. The van der Waals surface area contributed by atoms with Crippen molar-refractivity contribution in [1.29, 1.82) is 0 Å². The van der Waals surface area contributed by atoms with Crippen molar-refractivity contribution in [2.24, 2.45) is 10.4 Å². The third-order valence-electron chi connectivity index (χ3n) is 3.25.